The van der Waals surface area contributed by atoms with E-state index < -0.39 is 6.04 Å². The standard InChI is InChI=1S/C29H40N6O3/c1-21(38-3)20-34(17-7-6-10-24-14-13-23-9-8-16-30-29(23)32-24)18-15-25(22(2)36)33-28-19-31-26-11-4-5-12-27(26)35(28)37/h4-5,11-14,19,21,25,37H,6-10,15-18,20H2,1-3H3,(H,30,32)/p+1/t21-,25+/m1/s1. The van der Waals surface area contributed by atoms with E-state index in [4.69, 9.17) is 9.72 Å². The molecule has 0 radical (unpaired) electrons. The van der Waals surface area contributed by atoms with Gasteiger partial charge in [-0.25, -0.2) is 9.97 Å². The molecule has 0 bridgehead atoms. The number of aromatic nitrogens is 3. The largest absolute Gasteiger partial charge is 0.380 e. The number of para-hydroxylation sites is 2. The van der Waals surface area contributed by atoms with Gasteiger partial charge in [0, 0.05) is 38.9 Å². The number of pyridine rings is 1. The molecule has 0 saturated heterocycles. The van der Waals surface area contributed by atoms with Crippen molar-refractivity contribution in [1.29, 1.82) is 0 Å². The van der Waals surface area contributed by atoms with E-state index in [1.54, 1.807) is 26.3 Å². The predicted octanol–water partition coefficient (Wildman–Crippen LogP) is 3.63. The molecule has 2 atom stereocenters. The smallest absolute Gasteiger partial charge is 0.333 e. The predicted molar refractivity (Wildman–Crippen MR) is 149 cm³/mol. The van der Waals surface area contributed by atoms with Gasteiger partial charge in [-0.1, -0.05) is 18.2 Å². The highest BCUT2D eigenvalue weighted by Crippen LogP contribution is 2.20. The van der Waals surface area contributed by atoms with E-state index in [1.165, 1.54) is 12.0 Å². The maximum Gasteiger partial charge on any atom is 0.333 e. The Morgan fingerprint density at radius 2 is 2.08 bits per heavy atom. The molecule has 1 aliphatic rings. The third-order valence-corrected chi connectivity index (χ3v) is 7.24. The molecule has 4 rings (SSSR count). The Bertz CT molecular complexity index is 1220. The normalized spacial score (nSPS) is 14.6. The lowest BCUT2D eigenvalue weighted by Gasteiger charge is -2.26. The van der Waals surface area contributed by atoms with Crippen molar-refractivity contribution in [1.82, 2.24) is 14.9 Å². The molecule has 38 heavy (non-hydrogen) atoms. The summed E-state index contributed by atoms with van der Waals surface area (Å²) in [4.78, 5) is 24.1. The number of carbonyl (C=O) groups excluding carboxylic acids is 1. The van der Waals surface area contributed by atoms with Gasteiger partial charge < -0.3 is 20.2 Å². The van der Waals surface area contributed by atoms with Crippen LogP contribution in [0.1, 0.15) is 50.8 Å². The third-order valence-electron chi connectivity index (χ3n) is 7.24. The lowest BCUT2D eigenvalue weighted by atomic mass is 10.1. The number of rotatable bonds is 14. The first-order valence-corrected chi connectivity index (χ1v) is 13.7. The van der Waals surface area contributed by atoms with Gasteiger partial charge in [0.15, 0.2) is 17.3 Å². The molecule has 3 N–H and O–H groups in total. The summed E-state index contributed by atoms with van der Waals surface area (Å²) in [6, 6.07) is 11.3. The second kappa shape index (κ2) is 13.5. The second-order valence-corrected chi connectivity index (χ2v) is 10.2. The van der Waals surface area contributed by atoms with Gasteiger partial charge >= 0.3 is 5.82 Å². The van der Waals surface area contributed by atoms with Gasteiger partial charge in [-0.05, 0) is 81.0 Å². The highest BCUT2D eigenvalue weighted by atomic mass is 16.5. The first-order chi connectivity index (χ1) is 18.4. The van der Waals surface area contributed by atoms with Crippen LogP contribution >= 0.6 is 0 Å². The summed E-state index contributed by atoms with van der Waals surface area (Å²) in [5.41, 5.74) is 3.72. The molecule has 204 valence electrons. The summed E-state index contributed by atoms with van der Waals surface area (Å²) in [7, 11) is 1.73. The number of ketones is 1. The Hall–Kier alpha value is -3.30. The van der Waals surface area contributed by atoms with Gasteiger partial charge in [-0.3, -0.25) is 10.1 Å². The summed E-state index contributed by atoms with van der Waals surface area (Å²) in [6.07, 6.45) is 7.57. The lowest BCUT2D eigenvalue weighted by Crippen LogP contribution is -2.42. The van der Waals surface area contributed by atoms with Crippen molar-refractivity contribution in [2.45, 2.75) is 64.5 Å². The minimum Gasteiger partial charge on any atom is -0.380 e. The summed E-state index contributed by atoms with van der Waals surface area (Å²) >= 11 is 0. The molecule has 2 aromatic heterocycles. The average molecular weight is 522 g/mol. The van der Waals surface area contributed by atoms with Crippen LogP contribution in [0.5, 0.6) is 0 Å². The Kier molecular flexibility index (Phi) is 9.84. The van der Waals surface area contributed by atoms with Crippen molar-refractivity contribution < 1.29 is 19.5 Å². The summed E-state index contributed by atoms with van der Waals surface area (Å²) < 4.78 is 6.59. The fraction of sp³-hybridized carbons (Fsp3) is 0.517. The van der Waals surface area contributed by atoms with Gasteiger partial charge in [0.05, 0.1) is 6.10 Å². The molecule has 0 unspecified atom stereocenters. The van der Waals surface area contributed by atoms with Crippen molar-refractivity contribution in [3.63, 3.8) is 0 Å². The zero-order valence-electron chi connectivity index (χ0n) is 22.8. The van der Waals surface area contributed by atoms with Crippen LogP contribution in [0.25, 0.3) is 11.0 Å². The number of aryl methyl sites for hydroxylation is 2. The maximum atomic E-state index is 12.5. The highest BCUT2D eigenvalue weighted by Gasteiger charge is 2.24. The second-order valence-electron chi connectivity index (χ2n) is 10.2. The lowest BCUT2D eigenvalue weighted by molar-refractivity contribution is -0.873. The van der Waals surface area contributed by atoms with Crippen molar-refractivity contribution in [3.8, 4) is 0 Å². The number of hydrogen-bond donors (Lipinski definition) is 3. The monoisotopic (exact) mass is 521 g/mol. The van der Waals surface area contributed by atoms with Crippen LogP contribution in [0.4, 0.5) is 11.6 Å². The van der Waals surface area contributed by atoms with E-state index in [1.807, 2.05) is 18.2 Å². The Labute approximate surface area is 225 Å². The van der Waals surface area contributed by atoms with E-state index in [0.29, 0.717) is 23.3 Å². The van der Waals surface area contributed by atoms with Crippen LogP contribution in [0, 0.1) is 0 Å². The van der Waals surface area contributed by atoms with E-state index in [2.05, 4.69) is 39.6 Å². The van der Waals surface area contributed by atoms with Crippen LogP contribution in [0.15, 0.2) is 42.6 Å². The SMILES string of the molecule is CO[C@H](C)CN(CCCCc1ccc2c(n1)NCCC2)CC[C@H](Nc1cnc2ccccc2[n+]1O)C(C)=O. The van der Waals surface area contributed by atoms with E-state index in [-0.39, 0.29) is 11.9 Å². The van der Waals surface area contributed by atoms with Crippen LogP contribution in [0.2, 0.25) is 0 Å². The molecule has 0 fully saturated rings. The van der Waals surface area contributed by atoms with Gasteiger partial charge in [0.1, 0.15) is 17.5 Å². The zero-order valence-corrected chi connectivity index (χ0v) is 22.8. The number of nitrogens with one attached hydrogen (secondary N) is 2. The quantitative estimate of drug-likeness (QED) is 0.168. The topological polar surface area (TPSA) is 103 Å². The van der Waals surface area contributed by atoms with Crippen molar-refractivity contribution >= 4 is 28.5 Å². The van der Waals surface area contributed by atoms with Gasteiger partial charge in [-0.15, -0.1) is 0 Å². The summed E-state index contributed by atoms with van der Waals surface area (Å²) in [5.74, 6) is 1.47. The zero-order chi connectivity index (χ0) is 26.9. The summed E-state index contributed by atoms with van der Waals surface area (Å²) in [6.45, 7) is 7.09. The maximum absolute atomic E-state index is 12.5. The molecule has 0 aliphatic carbocycles. The molecule has 3 aromatic rings. The first kappa shape index (κ1) is 27.7. The molecule has 0 spiro atoms. The fourth-order valence-electron chi connectivity index (χ4n) is 4.92. The minimum absolute atomic E-state index is 0.0185. The number of anilines is 2. The number of fused-ring (bicyclic) bond motifs is 2. The number of ether oxygens (including phenoxy) is 1. The van der Waals surface area contributed by atoms with E-state index in [9.17, 15) is 10.0 Å². The molecule has 3 heterocycles. The number of unbranched alkanes of at least 4 members (excludes halogenated alkanes) is 1. The van der Waals surface area contributed by atoms with E-state index >= 15 is 0 Å². The molecule has 0 amide bonds. The Balaban J connectivity index is 1.32. The number of methoxy groups -OCH3 is 1. The van der Waals surface area contributed by atoms with Crippen LogP contribution in [-0.4, -0.2) is 71.3 Å². The fourth-order valence-corrected chi connectivity index (χ4v) is 4.92. The molecule has 0 saturated carbocycles. The van der Waals surface area contributed by atoms with Crippen LogP contribution in [-0.2, 0) is 22.4 Å². The molecule has 1 aliphatic heterocycles. The molecular formula is C29H41N6O3+. The van der Waals surface area contributed by atoms with E-state index in [0.717, 1.165) is 68.1 Å². The Morgan fingerprint density at radius 1 is 1.24 bits per heavy atom. The van der Waals surface area contributed by atoms with Crippen molar-refractivity contribution in [3.05, 3.63) is 53.9 Å². The number of Topliss-reactive ketones (excluding diaryl/α,β-unsaturated/α-hetero) is 1. The Morgan fingerprint density at radius 3 is 2.89 bits per heavy atom. The van der Waals surface area contributed by atoms with Crippen LogP contribution in [0.3, 0.4) is 0 Å². The number of carbonyl (C=O) groups is 1. The van der Waals surface area contributed by atoms with Gasteiger partial charge in [0.25, 0.3) is 0 Å². The average Bonchev–Trinajstić information content (AvgIpc) is 2.93. The van der Waals surface area contributed by atoms with Crippen molar-refractivity contribution in [2.75, 3.05) is 43.9 Å². The molecule has 9 nitrogen and oxygen atoms in total. The number of hydrogen-bond acceptors (Lipinski definition) is 8. The first-order valence-electron chi connectivity index (χ1n) is 13.7. The summed E-state index contributed by atoms with van der Waals surface area (Å²) in [5, 5.41) is 17.3. The number of nitrogens with zero attached hydrogens (tertiary/aromatic N) is 4. The molecule has 1 aromatic carbocycles. The van der Waals surface area contributed by atoms with Gasteiger partial charge in [0.2, 0.25) is 0 Å². The van der Waals surface area contributed by atoms with Gasteiger partial charge in [-0.2, -0.15) is 0 Å². The van der Waals surface area contributed by atoms with Crippen molar-refractivity contribution in [2.24, 2.45) is 0 Å². The number of benzene rings is 1. The molecular weight excluding hydrogens is 480 g/mol. The van der Waals surface area contributed by atoms with Crippen LogP contribution < -0.4 is 15.4 Å². The molecule has 9 heteroatoms. The third kappa shape index (κ3) is 7.39. The highest BCUT2D eigenvalue weighted by molar-refractivity contribution is 5.84. The minimum atomic E-state index is -0.441.